The van der Waals surface area contributed by atoms with E-state index in [0.717, 1.165) is 25.2 Å². The first kappa shape index (κ1) is 13.7. The Morgan fingerprint density at radius 2 is 2.29 bits per heavy atom. The van der Waals surface area contributed by atoms with Gasteiger partial charge in [0.15, 0.2) is 0 Å². The standard InChI is InChI=1S/C12H22N4O/c1-10(2)4-5-14-12(17)8-16-7-11(6-13-3)15-9-16/h7,9-10,13H,4-6,8H2,1-3H3,(H,14,17). The minimum atomic E-state index is 0.0408. The van der Waals surface area contributed by atoms with Crippen molar-refractivity contribution in [3.8, 4) is 0 Å². The van der Waals surface area contributed by atoms with Crippen molar-refractivity contribution in [3.63, 3.8) is 0 Å². The second-order valence-electron chi connectivity index (χ2n) is 4.60. The number of nitrogens with one attached hydrogen (secondary N) is 2. The Morgan fingerprint density at radius 1 is 1.53 bits per heavy atom. The average Bonchev–Trinajstić information content (AvgIpc) is 2.65. The summed E-state index contributed by atoms with van der Waals surface area (Å²) in [5.41, 5.74) is 0.947. The summed E-state index contributed by atoms with van der Waals surface area (Å²) >= 11 is 0. The summed E-state index contributed by atoms with van der Waals surface area (Å²) in [6.45, 7) is 6.10. The fraction of sp³-hybridized carbons (Fsp3) is 0.667. The summed E-state index contributed by atoms with van der Waals surface area (Å²) in [6.07, 6.45) is 4.59. The molecule has 0 aromatic carbocycles. The van der Waals surface area contributed by atoms with E-state index in [2.05, 4.69) is 29.5 Å². The number of nitrogens with zero attached hydrogens (tertiary/aromatic N) is 2. The van der Waals surface area contributed by atoms with Crippen molar-refractivity contribution in [3.05, 3.63) is 18.2 Å². The number of carbonyl (C=O) groups is 1. The molecule has 5 nitrogen and oxygen atoms in total. The van der Waals surface area contributed by atoms with Crippen molar-refractivity contribution in [2.45, 2.75) is 33.4 Å². The van der Waals surface area contributed by atoms with E-state index in [4.69, 9.17) is 0 Å². The number of hydrogen-bond donors (Lipinski definition) is 2. The van der Waals surface area contributed by atoms with Crippen LogP contribution < -0.4 is 10.6 Å². The predicted octanol–water partition coefficient (Wildman–Crippen LogP) is 0.765. The highest BCUT2D eigenvalue weighted by Crippen LogP contribution is 1.97. The van der Waals surface area contributed by atoms with Gasteiger partial charge in [-0.2, -0.15) is 0 Å². The van der Waals surface area contributed by atoms with Crippen LogP contribution in [0.1, 0.15) is 26.0 Å². The van der Waals surface area contributed by atoms with Gasteiger partial charge in [0.1, 0.15) is 6.54 Å². The lowest BCUT2D eigenvalue weighted by Gasteiger charge is -2.07. The smallest absolute Gasteiger partial charge is 0.239 e. The number of aromatic nitrogens is 2. The molecule has 17 heavy (non-hydrogen) atoms. The van der Waals surface area contributed by atoms with Gasteiger partial charge in [-0.3, -0.25) is 4.79 Å². The molecule has 0 aliphatic carbocycles. The number of imidazole rings is 1. The molecule has 5 heteroatoms. The number of rotatable bonds is 7. The highest BCUT2D eigenvalue weighted by Gasteiger charge is 2.04. The van der Waals surface area contributed by atoms with Gasteiger partial charge in [0.25, 0.3) is 0 Å². The van der Waals surface area contributed by atoms with E-state index in [1.807, 2.05) is 13.2 Å². The molecular weight excluding hydrogens is 216 g/mol. The first-order valence-corrected chi connectivity index (χ1v) is 6.03. The molecular formula is C12H22N4O. The maximum Gasteiger partial charge on any atom is 0.239 e. The van der Waals surface area contributed by atoms with E-state index in [9.17, 15) is 4.79 Å². The van der Waals surface area contributed by atoms with Crippen LogP contribution in [0.3, 0.4) is 0 Å². The Balaban J connectivity index is 2.29. The topological polar surface area (TPSA) is 59.0 Å². The second-order valence-corrected chi connectivity index (χ2v) is 4.60. The molecule has 1 rings (SSSR count). The van der Waals surface area contributed by atoms with Crippen LogP contribution in [0.5, 0.6) is 0 Å². The van der Waals surface area contributed by atoms with Crippen molar-refractivity contribution in [1.82, 2.24) is 20.2 Å². The lowest BCUT2D eigenvalue weighted by atomic mass is 10.1. The van der Waals surface area contributed by atoms with Crippen molar-refractivity contribution >= 4 is 5.91 Å². The summed E-state index contributed by atoms with van der Waals surface area (Å²) in [5, 5.41) is 5.92. The first-order chi connectivity index (χ1) is 8.11. The lowest BCUT2D eigenvalue weighted by molar-refractivity contribution is -0.121. The van der Waals surface area contributed by atoms with Crippen LogP contribution in [-0.4, -0.2) is 29.1 Å². The van der Waals surface area contributed by atoms with E-state index >= 15 is 0 Å². The average molecular weight is 238 g/mol. The summed E-state index contributed by atoms with van der Waals surface area (Å²) in [4.78, 5) is 15.8. The van der Waals surface area contributed by atoms with E-state index in [-0.39, 0.29) is 5.91 Å². The van der Waals surface area contributed by atoms with Crippen LogP contribution in [0.2, 0.25) is 0 Å². The molecule has 2 N–H and O–H groups in total. The van der Waals surface area contributed by atoms with Gasteiger partial charge in [0, 0.05) is 19.3 Å². The van der Waals surface area contributed by atoms with E-state index < -0.39 is 0 Å². The molecule has 96 valence electrons. The van der Waals surface area contributed by atoms with Gasteiger partial charge in [-0.1, -0.05) is 13.8 Å². The van der Waals surface area contributed by atoms with Gasteiger partial charge in [0.2, 0.25) is 5.91 Å². The molecule has 1 amide bonds. The Hall–Kier alpha value is -1.36. The second kappa shape index (κ2) is 7.06. The van der Waals surface area contributed by atoms with Gasteiger partial charge < -0.3 is 15.2 Å². The van der Waals surface area contributed by atoms with Crippen LogP contribution >= 0.6 is 0 Å². The van der Waals surface area contributed by atoms with Gasteiger partial charge >= 0.3 is 0 Å². The molecule has 0 aliphatic rings. The third-order valence-electron chi connectivity index (χ3n) is 2.41. The third-order valence-corrected chi connectivity index (χ3v) is 2.41. The minimum Gasteiger partial charge on any atom is -0.355 e. The fourth-order valence-electron chi connectivity index (χ4n) is 1.49. The first-order valence-electron chi connectivity index (χ1n) is 6.03. The molecule has 0 unspecified atom stereocenters. The molecule has 0 fully saturated rings. The van der Waals surface area contributed by atoms with Gasteiger partial charge in [0.05, 0.1) is 12.0 Å². The van der Waals surface area contributed by atoms with Crippen LogP contribution in [-0.2, 0) is 17.9 Å². The SMILES string of the molecule is CNCc1cn(CC(=O)NCCC(C)C)cn1. The minimum absolute atomic E-state index is 0.0408. The van der Waals surface area contributed by atoms with Crippen molar-refractivity contribution in [2.24, 2.45) is 5.92 Å². The highest BCUT2D eigenvalue weighted by molar-refractivity contribution is 5.75. The molecule has 0 atom stereocenters. The van der Waals surface area contributed by atoms with Crippen molar-refractivity contribution in [1.29, 1.82) is 0 Å². The molecule has 0 spiro atoms. The van der Waals surface area contributed by atoms with E-state index in [0.29, 0.717) is 12.5 Å². The van der Waals surface area contributed by atoms with Crippen LogP contribution in [0.4, 0.5) is 0 Å². The highest BCUT2D eigenvalue weighted by atomic mass is 16.1. The van der Waals surface area contributed by atoms with Crippen molar-refractivity contribution in [2.75, 3.05) is 13.6 Å². The monoisotopic (exact) mass is 238 g/mol. The largest absolute Gasteiger partial charge is 0.355 e. The summed E-state index contributed by atoms with van der Waals surface area (Å²) in [6, 6.07) is 0. The Labute approximate surface area is 103 Å². The summed E-state index contributed by atoms with van der Waals surface area (Å²) in [5.74, 6) is 0.657. The molecule has 0 aliphatic heterocycles. The molecule has 1 heterocycles. The Bertz CT molecular complexity index is 346. The zero-order chi connectivity index (χ0) is 12.7. The molecule has 0 radical (unpaired) electrons. The molecule has 0 bridgehead atoms. The van der Waals surface area contributed by atoms with E-state index in [1.165, 1.54) is 0 Å². The van der Waals surface area contributed by atoms with Crippen LogP contribution in [0.25, 0.3) is 0 Å². The van der Waals surface area contributed by atoms with Crippen LogP contribution in [0.15, 0.2) is 12.5 Å². The Kier molecular flexibility index (Phi) is 5.69. The van der Waals surface area contributed by atoms with E-state index in [1.54, 1.807) is 10.9 Å². The Morgan fingerprint density at radius 3 is 2.94 bits per heavy atom. The maximum absolute atomic E-state index is 11.6. The predicted molar refractivity (Wildman–Crippen MR) is 67.5 cm³/mol. The third kappa shape index (κ3) is 5.49. The molecule has 0 saturated heterocycles. The lowest BCUT2D eigenvalue weighted by Crippen LogP contribution is -2.28. The fourth-order valence-corrected chi connectivity index (χ4v) is 1.49. The van der Waals surface area contributed by atoms with Gasteiger partial charge in [-0.05, 0) is 19.4 Å². The van der Waals surface area contributed by atoms with Crippen molar-refractivity contribution < 1.29 is 4.79 Å². The summed E-state index contributed by atoms with van der Waals surface area (Å²) in [7, 11) is 1.87. The van der Waals surface area contributed by atoms with Crippen LogP contribution in [0, 0.1) is 5.92 Å². The quantitative estimate of drug-likeness (QED) is 0.737. The zero-order valence-electron chi connectivity index (χ0n) is 10.9. The number of carbonyl (C=O) groups excluding carboxylic acids is 1. The number of amides is 1. The summed E-state index contributed by atoms with van der Waals surface area (Å²) < 4.78 is 1.80. The normalized spacial score (nSPS) is 10.8. The molecule has 1 aromatic heterocycles. The van der Waals surface area contributed by atoms with Gasteiger partial charge in [-0.15, -0.1) is 0 Å². The molecule has 1 aromatic rings. The zero-order valence-corrected chi connectivity index (χ0v) is 10.9. The number of hydrogen-bond acceptors (Lipinski definition) is 3. The maximum atomic E-state index is 11.6. The molecule has 0 saturated carbocycles. The van der Waals surface area contributed by atoms with Gasteiger partial charge in [-0.25, -0.2) is 4.98 Å².